The summed E-state index contributed by atoms with van der Waals surface area (Å²) in [5, 5.41) is 76.7. The van der Waals surface area contributed by atoms with Gasteiger partial charge in [-0.05, 0) is 47.2 Å². The van der Waals surface area contributed by atoms with Crippen molar-refractivity contribution in [1.82, 2.24) is 0 Å². The number of nitrogens with zero attached hydrogens (tertiary/aromatic N) is 8. The van der Waals surface area contributed by atoms with Gasteiger partial charge in [0.15, 0.2) is 0 Å². The minimum atomic E-state index is 0.00187. The van der Waals surface area contributed by atoms with Crippen molar-refractivity contribution >= 4 is 78.6 Å². The quantitative estimate of drug-likeness (QED) is 0.168. The number of hydrogen-bond acceptors (Lipinski definition) is 10. The van der Waals surface area contributed by atoms with Gasteiger partial charge in [-0.2, -0.15) is 21.0 Å². The van der Waals surface area contributed by atoms with E-state index in [1.165, 1.54) is 24.3 Å². The molecule has 7 rings (SSSR count). The summed E-state index contributed by atoms with van der Waals surface area (Å²) in [5.74, 6) is 0.194. The van der Waals surface area contributed by atoms with Crippen LogP contribution in [-0.4, -0.2) is 10.2 Å². The Morgan fingerprint density at radius 2 is 0.750 bits per heavy atom. The topological polar surface area (TPSA) is 185 Å². The van der Waals surface area contributed by atoms with Crippen LogP contribution in [0.4, 0.5) is 22.7 Å². The predicted octanol–water partition coefficient (Wildman–Crippen LogP) is 11.3. The van der Waals surface area contributed by atoms with Crippen LogP contribution >= 0.6 is 23.2 Å². The summed E-state index contributed by atoms with van der Waals surface area (Å²) in [5.41, 5.74) is 2.04. The highest BCUT2D eigenvalue weighted by Crippen LogP contribution is 2.38. The van der Waals surface area contributed by atoms with Crippen LogP contribution in [0.3, 0.4) is 0 Å². The van der Waals surface area contributed by atoms with Gasteiger partial charge in [-0.1, -0.05) is 132 Å². The molecule has 0 unspecified atom stereocenters. The zero-order valence-corrected chi connectivity index (χ0v) is 30.6. The Balaban J connectivity index is 0.000000162. The molecule has 0 aromatic heterocycles. The molecule has 0 atom stereocenters. The Morgan fingerprint density at radius 1 is 0.411 bits per heavy atom. The van der Waals surface area contributed by atoms with Gasteiger partial charge in [-0.3, -0.25) is 0 Å². The van der Waals surface area contributed by atoms with Crippen molar-refractivity contribution in [2.75, 3.05) is 0 Å². The highest BCUT2D eigenvalue weighted by Gasteiger charge is 2.08. The normalized spacial score (nSPS) is 10.2. The number of halogens is 2. The number of phenols is 2. The minimum Gasteiger partial charge on any atom is -0.506 e. The van der Waals surface area contributed by atoms with E-state index in [0.717, 1.165) is 21.5 Å². The summed E-state index contributed by atoms with van der Waals surface area (Å²) in [6.45, 7) is 0. The second-order valence-electron chi connectivity index (χ2n) is 11.4. The molecule has 0 spiro atoms. The van der Waals surface area contributed by atoms with Gasteiger partial charge in [0.25, 0.3) is 0 Å². The zero-order valence-electron chi connectivity index (χ0n) is 29.1. The van der Waals surface area contributed by atoms with Crippen molar-refractivity contribution in [3.8, 4) is 35.8 Å². The van der Waals surface area contributed by atoms with Crippen LogP contribution in [0.5, 0.6) is 11.5 Å². The molecule has 0 fully saturated rings. The average Bonchev–Trinajstić information content (AvgIpc) is 3.23. The zero-order chi connectivity index (χ0) is 39.9. The monoisotopic (exact) mass is 768 g/mol. The molecular formula is C44H26Cl2N8O2. The van der Waals surface area contributed by atoms with E-state index >= 15 is 0 Å². The van der Waals surface area contributed by atoms with E-state index in [1.807, 2.05) is 84.9 Å². The Bertz CT molecular complexity index is 2680. The van der Waals surface area contributed by atoms with Gasteiger partial charge in [0.05, 0.1) is 10.0 Å². The third-order valence-electron chi connectivity index (χ3n) is 7.89. The fraction of sp³-hybridized carbons (Fsp3) is 0. The van der Waals surface area contributed by atoms with Crippen LogP contribution < -0.4 is 10.4 Å². The highest BCUT2D eigenvalue weighted by molar-refractivity contribution is 6.33. The number of azo groups is 2. The van der Waals surface area contributed by atoms with Crippen LogP contribution in [0, 0.1) is 45.3 Å². The van der Waals surface area contributed by atoms with Gasteiger partial charge in [-0.15, -0.1) is 20.5 Å². The molecule has 12 heteroatoms. The molecule has 0 aliphatic carbocycles. The first kappa shape index (κ1) is 39.3. The molecule has 0 amide bonds. The van der Waals surface area contributed by atoms with Gasteiger partial charge >= 0.3 is 0 Å². The van der Waals surface area contributed by atoms with Crippen molar-refractivity contribution < 1.29 is 10.2 Å². The van der Waals surface area contributed by atoms with Crippen LogP contribution in [0.25, 0.3) is 32.7 Å². The van der Waals surface area contributed by atoms with Gasteiger partial charge in [0, 0.05) is 21.2 Å². The molecule has 0 heterocycles. The predicted molar refractivity (Wildman–Crippen MR) is 217 cm³/mol. The lowest BCUT2D eigenvalue weighted by atomic mass is 10.1. The summed E-state index contributed by atoms with van der Waals surface area (Å²) in [7, 11) is 0. The highest BCUT2D eigenvalue weighted by atomic mass is 35.5. The standard InChI is InChI=1S/2C16H11ClN2O.C12H4N4/c2*17-13-7-3-4-8-14(13)18-19-16-12-6-2-1-5-11(12)9-10-15(16)20;13-5-11(6-14)9-1-2-10(4-3-9)12(7-15)8-16/h2*1-10,20H;1-4H. The number of aromatic hydroxyl groups is 2. The molecule has 7 aromatic carbocycles. The maximum absolute atomic E-state index is 9.97. The van der Waals surface area contributed by atoms with Gasteiger partial charge < -0.3 is 10.2 Å². The van der Waals surface area contributed by atoms with Crippen LogP contribution in [0.1, 0.15) is 0 Å². The molecule has 56 heavy (non-hydrogen) atoms. The van der Waals surface area contributed by atoms with Gasteiger partial charge in [0.1, 0.15) is 69.7 Å². The summed E-state index contributed by atoms with van der Waals surface area (Å²) in [6, 6.07) is 49.9. The Morgan fingerprint density at radius 3 is 1.11 bits per heavy atom. The Kier molecular flexibility index (Phi) is 13.6. The number of phenolic OH excluding ortho intramolecular Hbond substituents is 2. The van der Waals surface area contributed by atoms with E-state index in [4.69, 9.17) is 44.2 Å². The largest absolute Gasteiger partial charge is 0.506 e. The number of hydrogen-bond donors (Lipinski definition) is 2. The number of nitriles is 4. The van der Waals surface area contributed by atoms with E-state index in [2.05, 4.69) is 20.5 Å². The molecule has 10 nitrogen and oxygen atoms in total. The molecule has 0 radical (unpaired) electrons. The van der Waals surface area contributed by atoms with E-state index in [1.54, 1.807) is 60.7 Å². The van der Waals surface area contributed by atoms with Crippen molar-refractivity contribution in [2.45, 2.75) is 0 Å². The fourth-order valence-electron chi connectivity index (χ4n) is 5.08. The minimum absolute atomic E-state index is 0.00187. The summed E-state index contributed by atoms with van der Waals surface area (Å²) >= 11 is 12.1. The molecule has 7 aromatic rings. The molecule has 0 aliphatic heterocycles. The molecular weight excluding hydrogens is 743 g/mol. The Hall–Kier alpha value is -7.86. The maximum atomic E-state index is 9.97. The first-order valence-electron chi connectivity index (χ1n) is 16.5. The smallest absolute Gasteiger partial charge is 0.143 e. The SMILES string of the molecule is N#CC(C#N)=c1ccc(=C(C#N)C#N)cc1.Oc1ccc2ccccc2c1N=Nc1ccccc1Cl.Oc1ccc2ccccc2c1N=Nc1ccccc1Cl. The first-order valence-corrected chi connectivity index (χ1v) is 17.2. The van der Waals surface area contributed by atoms with Gasteiger partial charge in [-0.25, -0.2) is 0 Å². The average molecular weight is 770 g/mol. The van der Waals surface area contributed by atoms with E-state index in [-0.39, 0.29) is 22.6 Å². The van der Waals surface area contributed by atoms with Crippen LogP contribution in [0.15, 0.2) is 166 Å². The summed E-state index contributed by atoms with van der Waals surface area (Å²) < 4.78 is 0. The third kappa shape index (κ3) is 9.76. The number of fused-ring (bicyclic) bond motifs is 2. The molecule has 0 saturated heterocycles. The molecule has 2 N–H and O–H groups in total. The number of rotatable bonds is 4. The molecule has 268 valence electrons. The number of benzene rings is 7. The van der Waals surface area contributed by atoms with Crippen LogP contribution in [-0.2, 0) is 0 Å². The Labute approximate surface area is 331 Å². The lowest BCUT2D eigenvalue weighted by molar-refractivity contribution is 0.476. The fourth-order valence-corrected chi connectivity index (χ4v) is 5.43. The summed E-state index contributed by atoms with van der Waals surface area (Å²) in [6.07, 6.45) is 0. The maximum Gasteiger partial charge on any atom is 0.143 e. The second-order valence-corrected chi connectivity index (χ2v) is 12.2. The van der Waals surface area contributed by atoms with Crippen molar-refractivity contribution in [1.29, 1.82) is 21.0 Å². The lowest BCUT2D eigenvalue weighted by Gasteiger charge is -2.03. The molecule has 0 aliphatic rings. The second kappa shape index (κ2) is 19.3. The van der Waals surface area contributed by atoms with Crippen molar-refractivity contribution in [3.05, 3.63) is 166 Å². The van der Waals surface area contributed by atoms with Crippen LogP contribution in [0.2, 0.25) is 10.0 Å². The molecule has 0 saturated carbocycles. The molecule has 0 bridgehead atoms. The lowest BCUT2D eigenvalue weighted by Crippen LogP contribution is -2.11. The third-order valence-corrected chi connectivity index (χ3v) is 8.53. The van der Waals surface area contributed by atoms with E-state index in [9.17, 15) is 10.2 Å². The van der Waals surface area contributed by atoms with Gasteiger partial charge in [0.2, 0.25) is 0 Å². The first-order chi connectivity index (χ1) is 27.3. The van der Waals surface area contributed by atoms with E-state index < -0.39 is 0 Å². The van der Waals surface area contributed by atoms with Crippen molar-refractivity contribution in [3.63, 3.8) is 0 Å². The van der Waals surface area contributed by atoms with E-state index in [0.29, 0.717) is 43.2 Å². The summed E-state index contributed by atoms with van der Waals surface area (Å²) in [4.78, 5) is 0. The van der Waals surface area contributed by atoms with Crippen molar-refractivity contribution in [2.24, 2.45) is 20.5 Å².